The van der Waals surface area contributed by atoms with Crippen LogP contribution in [0.2, 0.25) is 0 Å². The van der Waals surface area contributed by atoms with Crippen LogP contribution in [0, 0.1) is 6.92 Å². The number of hydrogen-bond donors (Lipinski definition) is 5. The maximum Gasteiger partial charge on any atom is 0.322 e. The molecule has 0 saturated carbocycles. The monoisotopic (exact) mass is 580 g/mol. The van der Waals surface area contributed by atoms with Gasteiger partial charge in [0.2, 0.25) is 5.82 Å². The standard InChI is InChI=1S/C20H24N10O5S3/c1-7-13(21)27-20(30(23)14(7)24-2)38-5-8-4-36-17-11(16(32)29(17)12(8)18(33)34)26-15(31)10(28-35-3)9-6-37-19(22)25-9/h6,11,17H,4-5,23H2,1-3H3,(H6,21,22,24,25,26,31,33,34)/b28-10-/t11?,17-/m1/s1. The van der Waals surface area contributed by atoms with Crippen molar-refractivity contribution in [3.8, 4) is 0 Å². The first-order chi connectivity index (χ1) is 18.1. The largest absolute Gasteiger partial charge is 0.543 e. The molecule has 2 aromatic rings. The van der Waals surface area contributed by atoms with Crippen LogP contribution in [0.1, 0.15) is 11.3 Å². The Morgan fingerprint density at radius 3 is 2.74 bits per heavy atom. The summed E-state index contributed by atoms with van der Waals surface area (Å²) in [6, 6.07) is -0.989. The first-order valence-corrected chi connectivity index (χ1v) is 13.8. The second-order valence-electron chi connectivity index (χ2n) is 7.96. The van der Waals surface area contributed by atoms with Gasteiger partial charge in [0.1, 0.15) is 24.2 Å². The number of nitrogens with zero attached hydrogens (tertiary/aromatic N) is 5. The minimum Gasteiger partial charge on any atom is -0.543 e. The number of amides is 2. The first kappa shape index (κ1) is 27.3. The van der Waals surface area contributed by atoms with Crippen LogP contribution in [0.5, 0.6) is 0 Å². The molecular weight excluding hydrogens is 556 g/mol. The summed E-state index contributed by atoms with van der Waals surface area (Å²) < 4.78 is 1.32. The van der Waals surface area contributed by atoms with Gasteiger partial charge in [-0.25, -0.2) is 4.98 Å². The summed E-state index contributed by atoms with van der Waals surface area (Å²) in [5.41, 5.74) is 12.5. The minimum absolute atomic E-state index is 0.162. The van der Waals surface area contributed by atoms with Crippen LogP contribution in [-0.4, -0.2) is 75.4 Å². The Hall–Kier alpha value is -3.77. The quantitative estimate of drug-likeness (QED) is 0.0396. The third-order valence-electron chi connectivity index (χ3n) is 5.70. The maximum atomic E-state index is 13.0. The molecule has 1 saturated heterocycles. The van der Waals surface area contributed by atoms with Crippen LogP contribution in [-0.2, 0) is 19.2 Å². The molecule has 0 spiro atoms. The summed E-state index contributed by atoms with van der Waals surface area (Å²) in [5, 5.41) is 22.8. The molecule has 8 N–H and O–H groups in total. The number of hydrogen-bond acceptors (Lipinski definition) is 15. The number of carboxylic acid groups (broad SMARTS) is 1. The van der Waals surface area contributed by atoms with Crippen molar-refractivity contribution in [3.63, 3.8) is 0 Å². The van der Waals surface area contributed by atoms with Crippen LogP contribution in [0.15, 0.2) is 27.0 Å². The fraction of sp³-hybridized carbons (Fsp3) is 0.350. The van der Waals surface area contributed by atoms with Crippen molar-refractivity contribution < 1.29 is 29.0 Å². The van der Waals surface area contributed by atoms with E-state index in [1.54, 1.807) is 14.0 Å². The molecule has 2 atom stereocenters. The van der Waals surface area contributed by atoms with E-state index >= 15 is 0 Å². The average molecular weight is 581 g/mol. The number of nitrogen functional groups attached to an aromatic ring is 3. The lowest BCUT2D eigenvalue weighted by molar-refractivity contribution is -0.668. The highest BCUT2D eigenvalue weighted by Crippen LogP contribution is 2.41. The topological polar surface area (TPSA) is 231 Å². The van der Waals surface area contributed by atoms with E-state index in [9.17, 15) is 19.5 Å². The predicted molar refractivity (Wildman–Crippen MR) is 141 cm³/mol. The van der Waals surface area contributed by atoms with E-state index in [0.717, 1.165) is 16.2 Å². The van der Waals surface area contributed by atoms with Crippen molar-refractivity contribution >= 4 is 75.1 Å². The molecule has 2 aromatic heterocycles. The van der Waals surface area contributed by atoms with Gasteiger partial charge in [-0.1, -0.05) is 10.1 Å². The number of β-lactam (4-membered cyclic amide) rings is 1. The zero-order valence-corrected chi connectivity index (χ0v) is 22.8. The fourth-order valence-electron chi connectivity index (χ4n) is 3.88. The van der Waals surface area contributed by atoms with E-state index in [1.165, 1.54) is 40.7 Å². The number of oxime groups is 1. The number of nitrogens with one attached hydrogen (secondary N) is 2. The molecule has 38 heavy (non-hydrogen) atoms. The van der Waals surface area contributed by atoms with E-state index in [1.807, 2.05) is 0 Å². The Labute approximate surface area is 228 Å². The third-order valence-corrected chi connectivity index (χ3v) is 8.76. The number of fused-ring (bicyclic) bond motifs is 1. The van der Waals surface area contributed by atoms with Crippen LogP contribution in [0.3, 0.4) is 0 Å². The first-order valence-electron chi connectivity index (χ1n) is 10.9. The summed E-state index contributed by atoms with van der Waals surface area (Å²) in [6.07, 6.45) is 0. The Morgan fingerprint density at radius 1 is 1.39 bits per heavy atom. The maximum absolute atomic E-state index is 13.0. The van der Waals surface area contributed by atoms with E-state index in [0.29, 0.717) is 22.1 Å². The van der Waals surface area contributed by atoms with Crippen LogP contribution in [0.4, 0.5) is 16.8 Å². The van der Waals surface area contributed by atoms with E-state index in [-0.39, 0.29) is 39.6 Å². The molecule has 18 heteroatoms. The van der Waals surface area contributed by atoms with Crippen LogP contribution < -0.4 is 37.7 Å². The summed E-state index contributed by atoms with van der Waals surface area (Å²) in [7, 11) is 2.95. The second-order valence-corrected chi connectivity index (χ2v) is 10.9. The summed E-state index contributed by atoms with van der Waals surface area (Å²) in [6.45, 7) is 1.77. The van der Waals surface area contributed by atoms with E-state index in [2.05, 4.69) is 25.8 Å². The van der Waals surface area contributed by atoms with Crippen molar-refractivity contribution in [2.75, 3.05) is 48.3 Å². The Balaban J connectivity index is 1.52. The minimum atomic E-state index is -1.50. The van der Waals surface area contributed by atoms with Crippen molar-refractivity contribution in [2.45, 2.75) is 23.5 Å². The van der Waals surface area contributed by atoms with Crippen molar-refractivity contribution in [1.82, 2.24) is 20.2 Å². The van der Waals surface area contributed by atoms with Gasteiger partial charge in [-0.15, -0.1) is 27.8 Å². The van der Waals surface area contributed by atoms with Gasteiger partial charge in [-0.3, -0.25) is 20.3 Å². The third kappa shape index (κ3) is 4.88. The van der Waals surface area contributed by atoms with Gasteiger partial charge >= 0.3 is 5.16 Å². The number of rotatable bonds is 9. The number of aromatic nitrogens is 3. The fourth-order valence-corrected chi connectivity index (χ4v) is 6.84. The number of carbonyl (C=O) groups is 3. The molecular formula is C20H24N10O5S3. The molecule has 0 aliphatic carbocycles. The number of carbonyl (C=O) groups excluding carboxylic acids is 3. The zero-order chi connectivity index (χ0) is 27.7. The SMILES string of the molecule is CNc1c(C)c(N)nc(SCC2=C(C(=O)[O-])N3C(=O)C(NC(=O)/C(=N\OC)c4csc(N)n4)[C@H]3SC2)[n+]1N. The van der Waals surface area contributed by atoms with Gasteiger partial charge in [0.25, 0.3) is 17.6 Å². The number of nitrogens with two attached hydrogens (primary N) is 3. The smallest absolute Gasteiger partial charge is 0.322 e. The molecule has 15 nitrogen and oxygen atoms in total. The van der Waals surface area contributed by atoms with Gasteiger partial charge in [-0.05, 0) is 24.3 Å². The second kappa shape index (κ2) is 10.9. The van der Waals surface area contributed by atoms with E-state index in [4.69, 9.17) is 22.1 Å². The highest BCUT2D eigenvalue weighted by Gasteiger charge is 2.53. The van der Waals surface area contributed by atoms with E-state index < -0.39 is 29.2 Å². The molecule has 2 aliphatic heterocycles. The molecule has 4 rings (SSSR count). The molecule has 0 bridgehead atoms. The normalized spacial score (nSPS) is 19.1. The van der Waals surface area contributed by atoms with Gasteiger partial charge in [0.15, 0.2) is 10.8 Å². The molecule has 4 heterocycles. The number of thiazole rings is 1. The Bertz CT molecular complexity index is 1380. The molecule has 202 valence electrons. The number of carboxylic acids is 1. The molecule has 1 unspecified atom stereocenters. The number of thioether (sulfide) groups is 2. The summed E-state index contributed by atoms with van der Waals surface area (Å²) in [5.74, 6) is 4.58. The lowest BCUT2D eigenvalue weighted by Crippen LogP contribution is -2.71. The van der Waals surface area contributed by atoms with Gasteiger partial charge in [-0.2, -0.15) is 0 Å². The molecule has 0 radical (unpaired) electrons. The van der Waals surface area contributed by atoms with Gasteiger partial charge in [0.05, 0.1) is 17.2 Å². The summed E-state index contributed by atoms with van der Waals surface area (Å²) >= 11 is 3.58. The van der Waals surface area contributed by atoms with Crippen LogP contribution >= 0.6 is 34.9 Å². The van der Waals surface area contributed by atoms with Crippen molar-refractivity contribution in [2.24, 2.45) is 5.16 Å². The summed E-state index contributed by atoms with van der Waals surface area (Å²) in [4.78, 5) is 52.1. The molecule has 0 aromatic carbocycles. The Morgan fingerprint density at radius 2 is 2.13 bits per heavy atom. The van der Waals surface area contributed by atoms with Crippen molar-refractivity contribution in [3.05, 3.63) is 27.9 Å². The highest BCUT2D eigenvalue weighted by molar-refractivity contribution is 8.01. The Kier molecular flexibility index (Phi) is 7.83. The van der Waals surface area contributed by atoms with Crippen LogP contribution in [0.25, 0.3) is 0 Å². The zero-order valence-electron chi connectivity index (χ0n) is 20.4. The molecule has 2 aliphatic rings. The van der Waals surface area contributed by atoms with Gasteiger partial charge < -0.3 is 36.8 Å². The highest BCUT2D eigenvalue weighted by atomic mass is 32.2. The number of aliphatic carboxylic acids is 1. The average Bonchev–Trinajstić information content (AvgIpc) is 3.32. The molecule has 2 amide bonds. The van der Waals surface area contributed by atoms with Gasteiger partial charge in [0, 0.05) is 23.9 Å². The molecule has 1 fully saturated rings. The lowest BCUT2D eigenvalue weighted by atomic mass is 10.0. The number of anilines is 3. The predicted octanol–water partition coefficient (Wildman–Crippen LogP) is -2.40. The lowest BCUT2D eigenvalue weighted by Gasteiger charge is -2.50. The van der Waals surface area contributed by atoms with Crippen molar-refractivity contribution in [1.29, 1.82) is 0 Å².